The maximum atomic E-state index is 13.4. The van der Waals surface area contributed by atoms with E-state index < -0.39 is 12.6 Å². The maximum absolute atomic E-state index is 13.4. The smallest absolute Gasteiger partial charge is 0.393 e. The molecule has 2 heterocycles. The zero-order valence-electron chi connectivity index (χ0n) is 17.8. The minimum atomic E-state index is -4.33. The number of hydrogen-bond donors (Lipinski definition) is 2. The van der Waals surface area contributed by atoms with Crippen LogP contribution in [-0.4, -0.2) is 30.9 Å². The van der Waals surface area contributed by atoms with Crippen LogP contribution < -0.4 is 5.32 Å². The molecule has 0 spiro atoms. The lowest BCUT2D eigenvalue weighted by atomic mass is 9.96. The van der Waals surface area contributed by atoms with E-state index in [0.29, 0.717) is 28.6 Å². The summed E-state index contributed by atoms with van der Waals surface area (Å²) in [6.45, 7) is 1.91. The Labute approximate surface area is 188 Å². The zero-order chi connectivity index (χ0) is 23.2. The summed E-state index contributed by atoms with van der Waals surface area (Å²) in [6, 6.07) is 11.9. The van der Waals surface area contributed by atoms with Crippen molar-refractivity contribution >= 4 is 11.5 Å². The molecule has 0 bridgehead atoms. The van der Waals surface area contributed by atoms with Crippen molar-refractivity contribution in [2.45, 2.75) is 44.3 Å². The van der Waals surface area contributed by atoms with Gasteiger partial charge in [-0.05, 0) is 54.5 Å². The third-order valence-electron chi connectivity index (χ3n) is 5.89. The van der Waals surface area contributed by atoms with Crippen LogP contribution in [-0.2, 0) is 6.42 Å². The third-order valence-corrected chi connectivity index (χ3v) is 5.89. The molecule has 0 saturated heterocycles. The first kappa shape index (κ1) is 21.2. The number of nitrogens with one attached hydrogen (secondary N) is 1. The van der Waals surface area contributed by atoms with Crippen molar-refractivity contribution in [1.82, 2.24) is 19.6 Å². The molecule has 1 saturated carbocycles. The molecule has 33 heavy (non-hydrogen) atoms. The van der Waals surface area contributed by atoms with Gasteiger partial charge in [-0.1, -0.05) is 30.3 Å². The van der Waals surface area contributed by atoms with Crippen molar-refractivity contribution < 1.29 is 18.3 Å². The molecule has 2 N–H and O–H groups in total. The molecule has 2 aromatic carbocycles. The summed E-state index contributed by atoms with van der Waals surface area (Å²) in [4.78, 5) is 4.18. The van der Waals surface area contributed by atoms with Gasteiger partial charge in [0.25, 0.3) is 0 Å². The summed E-state index contributed by atoms with van der Waals surface area (Å²) in [5.74, 6) is 0.897. The second-order valence-corrected chi connectivity index (χ2v) is 8.46. The van der Waals surface area contributed by atoms with Gasteiger partial charge in [-0.25, -0.2) is 4.98 Å². The van der Waals surface area contributed by atoms with E-state index in [2.05, 4.69) is 20.5 Å². The molecule has 9 heteroatoms. The highest BCUT2D eigenvalue weighted by Crippen LogP contribution is 2.42. The van der Waals surface area contributed by atoms with Crippen LogP contribution in [0.25, 0.3) is 16.8 Å². The summed E-state index contributed by atoms with van der Waals surface area (Å²) in [6.07, 6.45) is -0.226. The minimum Gasteiger partial charge on any atom is -0.508 e. The summed E-state index contributed by atoms with van der Waals surface area (Å²) >= 11 is 0. The molecule has 5 rings (SSSR count). The Bertz CT molecular complexity index is 1310. The van der Waals surface area contributed by atoms with Crippen molar-refractivity contribution in [2.75, 3.05) is 5.32 Å². The quantitative estimate of drug-likeness (QED) is 0.395. The van der Waals surface area contributed by atoms with Crippen LogP contribution in [0.5, 0.6) is 5.75 Å². The monoisotopic (exact) mass is 453 g/mol. The van der Waals surface area contributed by atoms with Gasteiger partial charge >= 0.3 is 6.18 Å². The van der Waals surface area contributed by atoms with Crippen molar-refractivity contribution in [3.05, 3.63) is 71.7 Å². The third kappa shape index (κ3) is 4.48. The van der Waals surface area contributed by atoms with Gasteiger partial charge in [0, 0.05) is 5.56 Å². The fourth-order valence-electron chi connectivity index (χ4n) is 4.07. The normalized spacial score (nSPS) is 15.0. The second-order valence-electron chi connectivity index (χ2n) is 8.46. The molecular weight excluding hydrogens is 431 g/mol. The highest BCUT2D eigenvalue weighted by Gasteiger charge is 2.31. The number of benzene rings is 2. The first-order valence-corrected chi connectivity index (χ1v) is 10.7. The molecule has 0 amide bonds. The Hall–Kier alpha value is -3.62. The largest absolute Gasteiger partial charge is 0.508 e. The first-order valence-electron chi connectivity index (χ1n) is 10.7. The predicted octanol–water partition coefficient (Wildman–Crippen LogP) is 5.65. The molecule has 170 valence electrons. The van der Waals surface area contributed by atoms with E-state index in [1.54, 1.807) is 47.3 Å². The number of alkyl halides is 3. The highest BCUT2D eigenvalue weighted by atomic mass is 19.4. The lowest BCUT2D eigenvalue weighted by molar-refractivity contribution is -0.127. The lowest BCUT2D eigenvalue weighted by Crippen LogP contribution is -2.14. The van der Waals surface area contributed by atoms with Crippen LogP contribution >= 0.6 is 0 Å². The summed E-state index contributed by atoms with van der Waals surface area (Å²) in [5, 5.41) is 21.6. The fourth-order valence-corrected chi connectivity index (χ4v) is 4.07. The van der Waals surface area contributed by atoms with Gasteiger partial charge in [0.1, 0.15) is 17.8 Å². The molecule has 4 aromatic rings. The van der Waals surface area contributed by atoms with Gasteiger partial charge in [0.2, 0.25) is 5.95 Å². The molecule has 1 aliphatic rings. The highest BCUT2D eigenvalue weighted by molar-refractivity contribution is 5.79. The Kier molecular flexibility index (Phi) is 5.19. The lowest BCUT2D eigenvalue weighted by Gasteiger charge is -2.17. The predicted molar refractivity (Wildman–Crippen MR) is 118 cm³/mol. The summed E-state index contributed by atoms with van der Waals surface area (Å²) < 4.78 is 41.7. The van der Waals surface area contributed by atoms with Crippen LogP contribution in [0.1, 0.15) is 48.4 Å². The number of anilines is 1. The van der Waals surface area contributed by atoms with Gasteiger partial charge in [-0.2, -0.15) is 13.2 Å². The summed E-state index contributed by atoms with van der Waals surface area (Å²) in [5.41, 5.74) is 3.29. The molecular formula is C24H22F3N5O. The van der Waals surface area contributed by atoms with Crippen LogP contribution in [0.15, 0.2) is 55.0 Å². The topological polar surface area (TPSA) is 75.3 Å². The van der Waals surface area contributed by atoms with Crippen LogP contribution in [0.3, 0.4) is 0 Å². The first-order chi connectivity index (χ1) is 15.8. The summed E-state index contributed by atoms with van der Waals surface area (Å²) in [7, 11) is 0. The maximum Gasteiger partial charge on any atom is 0.393 e. The van der Waals surface area contributed by atoms with Gasteiger partial charge in [-0.15, -0.1) is 10.2 Å². The Morgan fingerprint density at radius 1 is 1.15 bits per heavy atom. The SMILES string of the molecule is CC(Nc1nnc(-c2ccc(C3CC3)cc2CC(F)(F)F)c2cncn12)c1cccc(O)c1. The molecule has 2 aromatic heterocycles. The number of halogens is 3. The zero-order valence-corrected chi connectivity index (χ0v) is 17.8. The molecule has 0 aliphatic heterocycles. The van der Waals surface area contributed by atoms with E-state index in [-0.39, 0.29) is 17.4 Å². The van der Waals surface area contributed by atoms with Crippen molar-refractivity contribution in [1.29, 1.82) is 0 Å². The second kappa shape index (κ2) is 8.06. The fraction of sp³-hybridized carbons (Fsp3) is 0.292. The van der Waals surface area contributed by atoms with Crippen LogP contribution in [0.4, 0.5) is 19.1 Å². The van der Waals surface area contributed by atoms with E-state index in [4.69, 9.17) is 0 Å². The molecule has 0 radical (unpaired) electrons. The molecule has 1 unspecified atom stereocenters. The van der Waals surface area contributed by atoms with Gasteiger partial charge in [0.15, 0.2) is 0 Å². The van der Waals surface area contributed by atoms with Crippen LogP contribution in [0, 0.1) is 0 Å². The number of nitrogens with zero attached hydrogens (tertiary/aromatic N) is 4. The average molecular weight is 453 g/mol. The Balaban J connectivity index is 1.53. The van der Waals surface area contributed by atoms with Crippen molar-refractivity contribution in [2.24, 2.45) is 0 Å². The van der Waals surface area contributed by atoms with Gasteiger partial charge in [-0.3, -0.25) is 4.40 Å². The van der Waals surface area contributed by atoms with E-state index in [1.165, 1.54) is 0 Å². The molecule has 6 nitrogen and oxygen atoms in total. The molecule has 1 fully saturated rings. The van der Waals surface area contributed by atoms with Gasteiger partial charge < -0.3 is 10.4 Å². The van der Waals surface area contributed by atoms with Crippen molar-refractivity contribution in [3.8, 4) is 17.0 Å². The number of aromatic nitrogens is 4. The van der Waals surface area contributed by atoms with E-state index in [9.17, 15) is 18.3 Å². The van der Waals surface area contributed by atoms with E-state index in [1.807, 2.05) is 19.1 Å². The minimum absolute atomic E-state index is 0.155. The van der Waals surface area contributed by atoms with E-state index >= 15 is 0 Å². The average Bonchev–Trinajstić information content (AvgIpc) is 3.49. The van der Waals surface area contributed by atoms with Crippen LogP contribution in [0.2, 0.25) is 0 Å². The van der Waals surface area contributed by atoms with E-state index in [0.717, 1.165) is 24.0 Å². The van der Waals surface area contributed by atoms with Crippen molar-refractivity contribution in [3.63, 3.8) is 0 Å². The number of imidazole rings is 1. The molecule has 1 aliphatic carbocycles. The standard InChI is InChI=1S/C24H22F3N5O/c1-14(16-3-2-4-19(33)10-16)29-23-31-30-22(21-12-28-13-32(21)23)20-8-7-17(15-5-6-15)9-18(20)11-24(25,26)27/h2-4,7-10,12-15,33H,5-6,11H2,1H3,(H,29,31). The number of rotatable bonds is 6. The van der Waals surface area contributed by atoms with Gasteiger partial charge in [0.05, 0.1) is 24.2 Å². The number of fused-ring (bicyclic) bond motifs is 1. The number of hydrogen-bond acceptors (Lipinski definition) is 5. The number of aromatic hydroxyl groups is 1. The Morgan fingerprint density at radius 2 is 1.97 bits per heavy atom. The number of phenolic OH excluding ortho intramolecular Hbond substituents is 1. The molecule has 1 atom stereocenters. The number of phenols is 1. The Morgan fingerprint density at radius 3 is 2.70 bits per heavy atom.